The molecule has 0 aliphatic carbocycles. The van der Waals surface area contributed by atoms with E-state index >= 15 is 0 Å². The fraction of sp³-hybridized carbons (Fsp3) is 0.293. The molecule has 50 heavy (non-hydrogen) atoms. The van der Waals surface area contributed by atoms with Crippen LogP contribution in [0, 0.1) is 0 Å². The number of morpholine rings is 1. The average molecular weight is 682 g/mol. The normalized spacial score (nSPS) is 18.0. The topological polar surface area (TPSA) is 86.7 Å². The Labute approximate surface area is 300 Å². The van der Waals surface area contributed by atoms with Crippen LogP contribution in [0.15, 0.2) is 152 Å². The largest absolute Gasteiger partial charge is 0.382 e. The van der Waals surface area contributed by atoms with Gasteiger partial charge in [0, 0.05) is 46.1 Å². The third-order valence-electron chi connectivity index (χ3n) is 7.48. The first kappa shape index (κ1) is 43.1. The number of amidine groups is 1. The summed E-state index contributed by atoms with van der Waals surface area (Å²) in [6.07, 6.45) is 14.3. The maximum absolute atomic E-state index is 12.7. The molecule has 1 aliphatic heterocycles. The second kappa shape index (κ2) is 23.4. The van der Waals surface area contributed by atoms with Crippen LogP contribution in [0.3, 0.4) is 0 Å². The number of likely N-dealkylation sites (N-methyl/N-ethyl adjacent to an activating group) is 1. The Hall–Kier alpha value is -4.93. The lowest BCUT2D eigenvalue weighted by atomic mass is 9.73. The van der Waals surface area contributed by atoms with Crippen LogP contribution < -0.4 is 5.32 Å². The Morgan fingerprint density at radius 1 is 0.940 bits per heavy atom. The molecule has 2 aromatic rings. The molecule has 0 radical (unpaired) electrons. The molecule has 2 atom stereocenters. The van der Waals surface area contributed by atoms with Crippen LogP contribution >= 0.6 is 0 Å². The molecule has 9 heteroatoms. The second-order valence-corrected chi connectivity index (χ2v) is 11.5. The lowest BCUT2D eigenvalue weighted by Crippen LogP contribution is -2.61. The van der Waals surface area contributed by atoms with Crippen molar-refractivity contribution in [3.8, 4) is 0 Å². The molecule has 1 heterocycles. The Morgan fingerprint density at radius 2 is 1.46 bits per heavy atom. The number of ether oxygens (including phenoxy) is 2. The van der Waals surface area contributed by atoms with E-state index in [1.807, 2.05) is 112 Å². The minimum Gasteiger partial charge on any atom is -0.382 e. The first-order chi connectivity index (χ1) is 24.1. The molecule has 1 saturated heterocycles. The second-order valence-electron chi connectivity index (χ2n) is 11.5. The summed E-state index contributed by atoms with van der Waals surface area (Å²) in [5.74, 6) is 0.194. The van der Waals surface area contributed by atoms with Crippen LogP contribution in [0.2, 0.25) is 0 Å². The number of allylic oxidation sites excluding steroid dienone is 4. The smallest absolute Gasteiger partial charge is 0.256 e. The third-order valence-corrected chi connectivity index (χ3v) is 7.48. The van der Waals surface area contributed by atoms with E-state index in [1.54, 1.807) is 44.5 Å². The van der Waals surface area contributed by atoms with Crippen molar-refractivity contribution in [1.82, 2.24) is 20.0 Å². The highest BCUT2D eigenvalue weighted by Gasteiger charge is 2.47. The predicted octanol–water partition coefficient (Wildman–Crippen LogP) is 6.05. The van der Waals surface area contributed by atoms with Crippen LogP contribution in [-0.2, 0) is 19.8 Å². The Morgan fingerprint density at radius 3 is 1.92 bits per heavy atom. The summed E-state index contributed by atoms with van der Waals surface area (Å²) >= 11 is 0. The molecule has 0 saturated carbocycles. The molecule has 3 rings (SSSR count). The molecule has 0 aromatic heterocycles. The number of hydrogen-bond acceptors (Lipinski definition) is 8. The highest BCUT2D eigenvalue weighted by atomic mass is 16.5. The summed E-state index contributed by atoms with van der Waals surface area (Å²) in [6.45, 7) is 19.9. The number of benzene rings is 2. The lowest BCUT2D eigenvalue weighted by Gasteiger charge is -2.52. The standard InChI is InChI=1S/C37H44N4O3.C3H9N.CH2O/c1-8-18-30(10-3)37(31(11-4)19-9-2,32-22-16-13-17-23-32)41-26-33(28-43-7)44-35(27-41)40(6)25-24-34(38-5)39-36(42)29-20-14-12-15-21-29;1-4(2)3;1-2/h8-25,33,35H,1-4,26-28H2,5-7H3,(H,38,39,42);1-3H3;1H2/b25-24-,30-18+,31-19+;;/t33-,35+;;/m0../s1. The zero-order valence-corrected chi connectivity index (χ0v) is 30.6. The zero-order chi connectivity index (χ0) is 37.5. The summed E-state index contributed by atoms with van der Waals surface area (Å²) in [5.41, 5.74) is 2.68. The molecular weight excluding hydrogens is 626 g/mol. The van der Waals surface area contributed by atoms with Crippen molar-refractivity contribution in [2.75, 3.05) is 62.0 Å². The first-order valence-corrected chi connectivity index (χ1v) is 16.1. The van der Waals surface area contributed by atoms with E-state index in [1.165, 1.54) is 0 Å². The minimum absolute atomic E-state index is 0.233. The lowest BCUT2D eigenvalue weighted by molar-refractivity contribution is -0.162. The van der Waals surface area contributed by atoms with Gasteiger partial charge in [-0.3, -0.25) is 14.7 Å². The van der Waals surface area contributed by atoms with Gasteiger partial charge < -0.3 is 29.4 Å². The molecule has 1 fully saturated rings. The van der Waals surface area contributed by atoms with Gasteiger partial charge >= 0.3 is 0 Å². The Balaban J connectivity index is 0.00000194. The van der Waals surface area contributed by atoms with Gasteiger partial charge in [-0.2, -0.15) is 0 Å². The fourth-order valence-corrected chi connectivity index (χ4v) is 5.48. The fourth-order valence-electron chi connectivity index (χ4n) is 5.48. The molecule has 268 valence electrons. The Bertz CT molecular complexity index is 1450. The van der Waals surface area contributed by atoms with Gasteiger partial charge in [0.25, 0.3) is 5.91 Å². The maximum atomic E-state index is 12.7. The van der Waals surface area contributed by atoms with Gasteiger partial charge in [-0.05, 0) is 56.1 Å². The molecule has 0 unspecified atom stereocenters. The average Bonchev–Trinajstić information content (AvgIpc) is 3.13. The van der Waals surface area contributed by atoms with Gasteiger partial charge in [0.15, 0.2) is 0 Å². The van der Waals surface area contributed by atoms with Gasteiger partial charge in [0.2, 0.25) is 0 Å². The number of carbonyl (C=O) groups is 2. The van der Waals surface area contributed by atoms with Gasteiger partial charge in [0.05, 0.1) is 18.2 Å². The number of amides is 1. The molecule has 2 aromatic carbocycles. The van der Waals surface area contributed by atoms with E-state index < -0.39 is 5.54 Å². The quantitative estimate of drug-likeness (QED) is 0.148. The highest BCUT2D eigenvalue weighted by molar-refractivity contribution is 6.10. The predicted molar refractivity (Wildman–Crippen MR) is 208 cm³/mol. The minimum atomic E-state index is -0.786. The van der Waals surface area contributed by atoms with Gasteiger partial charge in [-0.25, -0.2) is 0 Å². The summed E-state index contributed by atoms with van der Waals surface area (Å²) in [5, 5.41) is 2.87. The summed E-state index contributed by atoms with van der Waals surface area (Å²) in [6, 6.07) is 19.3. The monoisotopic (exact) mass is 681 g/mol. The SMILES string of the molecule is C=C/C=C(\C=C)C(/C(C=C)=C/C=C)(c1ccccc1)N1C[C@@H](COC)O[C@@H](N(C)/C=C\C(=NC)NC(=O)c2ccccc2)C1.C=O.CN(C)C. The van der Waals surface area contributed by atoms with Crippen molar-refractivity contribution in [3.63, 3.8) is 0 Å². The first-order valence-electron chi connectivity index (χ1n) is 16.1. The molecule has 0 spiro atoms. The number of carbonyl (C=O) groups excluding carboxylic acids is 2. The van der Waals surface area contributed by atoms with E-state index in [4.69, 9.17) is 14.3 Å². The Kier molecular flexibility index (Phi) is 20.2. The van der Waals surface area contributed by atoms with Crippen molar-refractivity contribution in [1.29, 1.82) is 0 Å². The number of methoxy groups -OCH3 is 1. The number of rotatable bonds is 14. The third kappa shape index (κ3) is 12.2. The molecule has 1 amide bonds. The van der Waals surface area contributed by atoms with E-state index in [9.17, 15) is 4.79 Å². The molecule has 1 N–H and O–H groups in total. The van der Waals surface area contributed by atoms with E-state index in [-0.39, 0.29) is 18.2 Å². The van der Waals surface area contributed by atoms with Gasteiger partial charge in [-0.1, -0.05) is 111 Å². The van der Waals surface area contributed by atoms with E-state index in [0.717, 1.165) is 16.7 Å². The zero-order valence-electron chi connectivity index (χ0n) is 30.6. The van der Waals surface area contributed by atoms with Gasteiger partial charge in [0.1, 0.15) is 18.9 Å². The maximum Gasteiger partial charge on any atom is 0.256 e. The highest BCUT2D eigenvalue weighted by Crippen LogP contribution is 2.45. The van der Waals surface area contributed by atoms with Crippen molar-refractivity contribution >= 4 is 18.5 Å². The number of nitrogens with one attached hydrogen (secondary N) is 1. The number of aliphatic imine (C=N–C) groups is 1. The molecule has 9 nitrogen and oxygen atoms in total. The van der Waals surface area contributed by atoms with Crippen LogP contribution in [0.5, 0.6) is 0 Å². The number of hydrogen-bond donors (Lipinski definition) is 1. The summed E-state index contributed by atoms with van der Waals surface area (Å²) in [4.78, 5) is 31.3. The number of nitrogens with zero attached hydrogens (tertiary/aromatic N) is 4. The van der Waals surface area contributed by atoms with Crippen LogP contribution in [0.25, 0.3) is 0 Å². The van der Waals surface area contributed by atoms with E-state index in [2.05, 4.69) is 53.7 Å². The summed E-state index contributed by atoms with van der Waals surface area (Å²) < 4.78 is 12.2. The molecular formula is C41H55N5O4. The van der Waals surface area contributed by atoms with Crippen LogP contribution in [0.1, 0.15) is 15.9 Å². The van der Waals surface area contributed by atoms with E-state index in [0.29, 0.717) is 31.1 Å². The van der Waals surface area contributed by atoms with Crippen molar-refractivity contribution in [2.24, 2.45) is 4.99 Å². The van der Waals surface area contributed by atoms with Crippen molar-refractivity contribution in [2.45, 2.75) is 17.9 Å². The van der Waals surface area contributed by atoms with Gasteiger partial charge in [-0.15, -0.1) is 0 Å². The summed E-state index contributed by atoms with van der Waals surface area (Å²) in [7, 11) is 11.2. The van der Waals surface area contributed by atoms with Crippen molar-refractivity contribution in [3.05, 3.63) is 158 Å². The molecule has 0 bridgehead atoms. The molecule has 1 aliphatic rings. The van der Waals surface area contributed by atoms with Crippen molar-refractivity contribution < 1.29 is 19.1 Å². The van der Waals surface area contributed by atoms with Crippen LogP contribution in [-0.4, -0.2) is 108 Å². The van der Waals surface area contributed by atoms with Crippen LogP contribution in [0.4, 0.5) is 0 Å².